The van der Waals surface area contributed by atoms with E-state index in [2.05, 4.69) is 64.2 Å². The lowest BCUT2D eigenvalue weighted by molar-refractivity contribution is 0.204. The molecule has 1 aliphatic heterocycles. The molecule has 3 aromatic rings. The highest BCUT2D eigenvalue weighted by molar-refractivity contribution is 6.00. The van der Waals surface area contributed by atoms with E-state index < -0.39 is 0 Å². The first kappa shape index (κ1) is 15.7. The Kier molecular flexibility index (Phi) is 4.11. The van der Waals surface area contributed by atoms with Crippen LogP contribution >= 0.6 is 0 Å². The number of amides is 2. The molecule has 0 spiro atoms. The summed E-state index contributed by atoms with van der Waals surface area (Å²) >= 11 is 0. The molecule has 2 aromatic carbocycles. The molecule has 0 unspecified atom stereocenters. The third-order valence-corrected chi connectivity index (χ3v) is 4.54. The first-order valence-electron chi connectivity index (χ1n) is 8.52. The van der Waals surface area contributed by atoms with E-state index in [0.29, 0.717) is 18.9 Å². The fourth-order valence-electron chi connectivity index (χ4n) is 3.17. The number of benzene rings is 2. The minimum atomic E-state index is -0.0994. The normalized spacial score (nSPS) is 14.7. The van der Waals surface area contributed by atoms with Crippen LogP contribution in [-0.2, 0) is 0 Å². The van der Waals surface area contributed by atoms with Crippen LogP contribution in [0, 0.1) is 6.92 Å². The number of hydrogen-bond donors (Lipinski definition) is 3. The number of nitrogens with zero attached hydrogens (tertiary/aromatic N) is 2. The Morgan fingerprint density at radius 2 is 1.92 bits per heavy atom. The highest BCUT2D eigenvalue weighted by Gasteiger charge is 2.18. The van der Waals surface area contributed by atoms with Crippen LogP contribution in [-0.4, -0.2) is 47.3 Å². The third kappa shape index (κ3) is 3.21. The van der Waals surface area contributed by atoms with Gasteiger partial charge in [-0.05, 0) is 30.2 Å². The molecule has 0 saturated carbocycles. The van der Waals surface area contributed by atoms with E-state index in [0.717, 1.165) is 29.6 Å². The molecule has 1 aliphatic rings. The summed E-state index contributed by atoms with van der Waals surface area (Å²) in [6.07, 6.45) is 0. The smallest absolute Gasteiger partial charge is 0.322 e. The summed E-state index contributed by atoms with van der Waals surface area (Å²) in [6.45, 7) is 5.17. The molecule has 1 aromatic heterocycles. The number of anilines is 1. The first-order chi connectivity index (χ1) is 12.2. The van der Waals surface area contributed by atoms with Gasteiger partial charge in [-0.25, -0.2) is 4.79 Å². The predicted octanol–water partition coefficient (Wildman–Crippen LogP) is 2.98. The Morgan fingerprint density at radius 3 is 2.72 bits per heavy atom. The van der Waals surface area contributed by atoms with E-state index in [1.54, 1.807) is 4.90 Å². The number of H-pyrrole nitrogens is 1. The Balaban J connectivity index is 1.58. The standard InChI is InChI=1S/C19H21N5O/c1-13-3-2-4-14(11-13)15-5-6-16-17(12-15)22-23-18(16)21-19(25)24-9-7-20-8-10-24/h2-6,11-12,20H,7-10H2,1H3,(H2,21,22,23,25). The van der Waals surface area contributed by atoms with Crippen molar-refractivity contribution in [2.75, 3.05) is 31.5 Å². The van der Waals surface area contributed by atoms with Crippen molar-refractivity contribution in [1.82, 2.24) is 20.4 Å². The zero-order valence-electron chi connectivity index (χ0n) is 14.2. The zero-order valence-corrected chi connectivity index (χ0v) is 14.2. The van der Waals surface area contributed by atoms with Crippen LogP contribution in [0.3, 0.4) is 0 Å². The monoisotopic (exact) mass is 335 g/mol. The van der Waals surface area contributed by atoms with Crippen molar-refractivity contribution in [3.8, 4) is 11.1 Å². The van der Waals surface area contributed by atoms with Gasteiger partial charge in [0.05, 0.1) is 5.52 Å². The molecule has 0 radical (unpaired) electrons. The van der Waals surface area contributed by atoms with Gasteiger partial charge in [0.1, 0.15) is 0 Å². The van der Waals surface area contributed by atoms with Crippen LogP contribution in [0.1, 0.15) is 5.56 Å². The lowest BCUT2D eigenvalue weighted by atomic mass is 10.0. The number of fused-ring (bicyclic) bond motifs is 1. The predicted molar refractivity (Wildman–Crippen MR) is 99.7 cm³/mol. The molecule has 6 heteroatoms. The van der Waals surface area contributed by atoms with Gasteiger partial charge in [-0.2, -0.15) is 5.10 Å². The van der Waals surface area contributed by atoms with Crippen molar-refractivity contribution in [3.63, 3.8) is 0 Å². The molecule has 6 nitrogen and oxygen atoms in total. The fourth-order valence-corrected chi connectivity index (χ4v) is 3.17. The average molecular weight is 335 g/mol. The number of urea groups is 1. The van der Waals surface area contributed by atoms with Crippen molar-refractivity contribution in [1.29, 1.82) is 0 Å². The SMILES string of the molecule is Cc1cccc(-c2ccc3c(NC(=O)N4CCNCC4)n[nH]c3c2)c1. The summed E-state index contributed by atoms with van der Waals surface area (Å²) in [6, 6.07) is 14.4. The summed E-state index contributed by atoms with van der Waals surface area (Å²) < 4.78 is 0. The van der Waals surface area contributed by atoms with E-state index in [1.807, 2.05) is 6.07 Å². The lowest BCUT2D eigenvalue weighted by Crippen LogP contribution is -2.48. The number of piperazine rings is 1. The second-order valence-electron chi connectivity index (χ2n) is 6.37. The summed E-state index contributed by atoms with van der Waals surface area (Å²) in [4.78, 5) is 14.2. The highest BCUT2D eigenvalue weighted by atomic mass is 16.2. The van der Waals surface area contributed by atoms with E-state index >= 15 is 0 Å². The van der Waals surface area contributed by atoms with E-state index in [1.165, 1.54) is 11.1 Å². The second kappa shape index (κ2) is 6.57. The zero-order chi connectivity index (χ0) is 17.2. The molecule has 2 heterocycles. The number of carbonyl (C=O) groups is 1. The van der Waals surface area contributed by atoms with Crippen LogP contribution in [0.25, 0.3) is 22.0 Å². The van der Waals surface area contributed by atoms with Crippen LogP contribution in [0.5, 0.6) is 0 Å². The maximum Gasteiger partial charge on any atom is 0.323 e. The largest absolute Gasteiger partial charge is 0.323 e. The average Bonchev–Trinajstić information content (AvgIpc) is 3.04. The van der Waals surface area contributed by atoms with Gasteiger partial charge in [0.15, 0.2) is 5.82 Å². The minimum Gasteiger partial charge on any atom is -0.322 e. The number of aryl methyl sites for hydroxylation is 1. The molecule has 2 amide bonds. The number of aromatic amines is 1. The maximum atomic E-state index is 12.4. The van der Waals surface area contributed by atoms with Gasteiger partial charge in [0.2, 0.25) is 0 Å². The van der Waals surface area contributed by atoms with Crippen LogP contribution in [0.15, 0.2) is 42.5 Å². The van der Waals surface area contributed by atoms with E-state index in [9.17, 15) is 4.79 Å². The minimum absolute atomic E-state index is 0.0994. The molecule has 25 heavy (non-hydrogen) atoms. The van der Waals surface area contributed by atoms with Crippen LogP contribution < -0.4 is 10.6 Å². The number of hydrogen-bond acceptors (Lipinski definition) is 3. The van der Waals surface area contributed by atoms with Crippen LogP contribution in [0.2, 0.25) is 0 Å². The molecule has 0 aliphatic carbocycles. The molecule has 0 atom stereocenters. The van der Waals surface area contributed by atoms with Crippen molar-refractivity contribution >= 4 is 22.8 Å². The third-order valence-electron chi connectivity index (χ3n) is 4.54. The van der Waals surface area contributed by atoms with Crippen molar-refractivity contribution in [2.24, 2.45) is 0 Å². The van der Waals surface area contributed by atoms with Gasteiger partial charge in [0, 0.05) is 31.6 Å². The number of nitrogens with one attached hydrogen (secondary N) is 3. The van der Waals surface area contributed by atoms with Gasteiger partial charge < -0.3 is 10.2 Å². The number of aromatic nitrogens is 2. The van der Waals surface area contributed by atoms with E-state index in [-0.39, 0.29) is 6.03 Å². The molecule has 3 N–H and O–H groups in total. The molecular formula is C19H21N5O. The Hall–Kier alpha value is -2.86. The summed E-state index contributed by atoms with van der Waals surface area (Å²) in [5.41, 5.74) is 4.43. The van der Waals surface area contributed by atoms with Gasteiger partial charge in [-0.1, -0.05) is 35.9 Å². The number of carbonyl (C=O) groups excluding carboxylic acids is 1. The second-order valence-corrected chi connectivity index (χ2v) is 6.37. The Bertz CT molecular complexity index is 911. The van der Waals surface area contributed by atoms with Gasteiger partial charge in [-0.3, -0.25) is 10.4 Å². The highest BCUT2D eigenvalue weighted by Crippen LogP contribution is 2.27. The Labute approximate surface area is 146 Å². The fraction of sp³-hybridized carbons (Fsp3) is 0.263. The molecule has 1 saturated heterocycles. The summed E-state index contributed by atoms with van der Waals surface area (Å²) in [5, 5.41) is 14.4. The molecule has 128 valence electrons. The lowest BCUT2D eigenvalue weighted by Gasteiger charge is -2.27. The van der Waals surface area contributed by atoms with Gasteiger partial charge >= 0.3 is 6.03 Å². The van der Waals surface area contributed by atoms with Crippen LogP contribution in [0.4, 0.5) is 10.6 Å². The molecule has 1 fully saturated rings. The quantitative estimate of drug-likeness (QED) is 0.674. The van der Waals surface area contributed by atoms with Gasteiger partial charge in [-0.15, -0.1) is 0 Å². The maximum absolute atomic E-state index is 12.4. The van der Waals surface area contributed by atoms with Crippen molar-refractivity contribution in [2.45, 2.75) is 6.92 Å². The summed E-state index contributed by atoms with van der Waals surface area (Å²) in [7, 11) is 0. The van der Waals surface area contributed by atoms with Crippen molar-refractivity contribution < 1.29 is 4.79 Å². The van der Waals surface area contributed by atoms with Crippen molar-refractivity contribution in [3.05, 3.63) is 48.0 Å². The molecule has 4 rings (SSSR count). The van der Waals surface area contributed by atoms with E-state index in [4.69, 9.17) is 0 Å². The molecule has 0 bridgehead atoms. The topological polar surface area (TPSA) is 73.1 Å². The number of rotatable bonds is 2. The summed E-state index contributed by atoms with van der Waals surface area (Å²) in [5.74, 6) is 0.578. The first-order valence-corrected chi connectivity index (χ1v) is 8.52. The molecular weight excluding hydrogens is 314 g/mol. The van der Waals surface area contributed by atoms with Gasteiger partial charge in [0.25, 0.3) is 0 Å². The Morgan fingerprint density at radius 1 is 1.12 bits per heavy atom.